The maximum absolute atomic E-state index is 5.44. The molecule has 0 radical (unpaired) electrons. The van der Waals surface area contributed by atoms with Gasteiger partial charge in [-0.3, -0.25) is 0 Å². The highest BCUT2D eigenvalue weighted by molar-refractivity contribution is 9.10. The second-order valence-corrected chi connectivity index (χ2v) is 6.54. The van der Waals surface area contributed by atoms with E-state index in [0.29, 0.717) is 11.5 Å². The van der Waals surface area contributed by atoms with Crippen LogP contribution >= 0.6 is 15.9 Å². The Kier molecular flexibility index (Phi) is 4.01. The lowest BCUT2D eigenvalue weighted by Gasteiger charge is -2.08. The summed E-state index contributed by atoms with van der Waals surface area (Å²) in [6.07, 6.45) is 2.47. The maximum atomic E-state index is 5.44. The second kappa shape index (κ2) is 6.33. The predicted octanol–water partition coefficient (Wildman–Crippen LogP) is 3.07. The first kappa shape index (κ1) is 15.8. The molecule has 0 aliphatic carbocycles. The highest BCUT2D eigenvalue weighted by Gasteiger charge is 2.19. The minimum Gasteiger partial charge on any atom is -0.493 e. The van der Waals surface area contributed by atoms with Crippen molar-refractivity contribution in [1.82, 2.24) is 15.2 Å². The van der Waals surface area contributed by atoms with Crippen LogP contribution in [-0.4, -0.2) is 29.4 Å². The van der Waals surface area contributed by atoms with Crippen molar-refractivity contribution in [2.45, 2.75) is 6.42 Å². The van der Waals surface area contributed by atoms with E-state index in [2.05, 4.69) is 47.6 Å². The van der Waals surface area contributed by atoms with Gasteiger partial charge in [0.2, 0.25) is 5.82 Å². The van der Waals surface area contributed by atoms with Crippen LogP contribution in [0.2, 0.25) is 0 Å². The van der Waals surface area contributed by atoms with E-state index < -0.39 is 0 Å². The molecule has 4 aromatic rings. The van der Waals surface area contributed by atoms with Gasteiger partial charge in [0.1, 0.15) is 17.2 Å². The minimum atomic E-state index is 0.653. The molecule has 0 fully saturated rings. The van der Waals surface area contributed by atoms with Crippen LogP contribution < -0.4 is 13.9 Å². The molecule has 126 valence electrons. The summed E-state index contributed by atoms with van der Waals surface area (Å²) < 4.78 is 13.9. The van der Waals surface area contributed by atoms with E-state index in [1.165, 1.54) is 5.56 Å². The van der Waals surface area contributed by atoms with Gasteiger partial charge in [-0.15, -0.1) is 5.10 Å². The molecule has 6 nitrogen and oxygen atoms in total. The lowest BCUT2D eigenvalue weighted by atomic mass is 10.1. The molecule has 0 aliphatic rings. The lowest BCUT2D eigenvalue weighted by molar-refractivity contribution is -0.492. The topological polar surface area (TPSA) is 64.1 Å². The van der Waals surface area contributed by atoms with Crippen LogP contribution in [0, 0.1) is 0 Å². The van der Waals surface area contributed by atoms with E-state index in [4.69, 9.17) is 9.47 Å². The number of halogens is 1. The zero-order valence-corrected chi connectivity index (χ0v) is 15.4. The number of nitrogens with zero attached hydrogens (tertiary/aromatic N) is 3. The van der Waals surface area contributed by atoms with Crippen LogP contribution in [-0.2, 0) is 6.42 Å². The van der Waals surface area contributed by atoms with Crippen molar-refractivity contribution in [1.29, 1.82) is 0 Å². The Morgan fingerprint density at radius 1 is 1.08 bits per heavy atom. The van der Waals surface area contributed by atoms with E-state index in [-0.39, 0.29) is 0 Å². The molecule has 0 bridgehead atoms. The van der Waals surface area contributed by atoms with Crippen molar-refractivity contribution >= 4 is 32.6 Å². The fourth-order valence-electron chi connectivity index (χ4n) is 2.90. The summed E-state index contributed by atoms with van der Waals surface area (Å²) in [5.74, 6) is 2.28. The normalized spacial score (nSPS) is 11.2. The molecule has 0 amide bonds. The van der Waals surface area contributed by atoms with Crippen molar-refractivity contribution in [2.24, 2.45) is 0 Å². The summed E-state index contributed by atoms with van der Waals surface area (Å²) in [5, 5.41) is 7.50. The molecule has 7 heteroatoms. The molecule has 0 saturated heterocycles. The van der Waals surface area contributed by atoms with E-state index in [9.17, 15) is 0 Å². The van der Waals surface area contributed by atoms with E-state index >= 15 is 0 Å². The molecule has 0 atom stereocenters. The summed E-state index contributed by atoms with van der Waals surface area (Å²) in [6, 6.07) is 12.0. The average Bonchev–Trinajstić information content (AvgIpc) is 3.05. The van der Waals surface area contributed by atoms with Crippen molar-refractivity contribution < 1.29 is 13.9 Å². The van der Waals surface area contributed by atoms with Gasteiger partial charge in [-0.1, -0.05) is 28.1 Å². The zero-order chi connectivity index (χ0) is 17.4. The fraction of sp³-hybridized carbons (Fsp3) is 0.167. The van der Waals surface area contributed by atoms with Gasteiger partial charge in [-0.05, 0) is 17.7 Å². The molecule has 2 aromatic heterocycles. The van der Waals surface area contributed by atoms with Crippen LogP contribution in [0.5, 0.6) is 11.5 Å². The third kappa shape index (κ3) is 2.80. The molecule has 2 aromatic carbocycles. The molecule has 2 heterocycles. The Bertz CT molecular complexity index is 1060. The summed E-state index contributed by atoms with van der Waals surface area (Å²) in [4.78, 5) is 4.48. The smallest absolute Gasteiger partial charge is 0.324 e. The van der Waals surface area contributed by atoms with Crippen molar-refractivity contribution in [3.63, 3.8) is 0 Å². The Morgan fingerprint density at radius 2 is 1.80 bits per heavy atom. The average molecular weight is 400 g/mol. The predicted molar refractivity (Wildman–Crippen MR) is 97.1 cm³/mol. The van der Waals surface area contributed by atoms with Crippen LogP contribution in [0.3, 0.4) is 0 Å². The number of aromatic amines is 1. The van der Waals surface area contributed by atoms with Gasteiger partial charge >= 0.3 is 5.65 Å². The summed E-state index contributed by atoms with van der Waals surface area (Å²) in [6.45, 7) is 0. The molecule has 0 unspecified atom stereocenters. The van der Waals surface area contributed by atoms with Gasteiger partial charge in [-0.2, -0.15) is 4.40 Å². The number of nitrogens with one attached hydrogen (secondary N) is 1. The number of aromatic nitrogens is 4. The van der Waals surface area contributed by atoms with Crippen molar-refractivity contribution in [3.05, 3.63) is 58.5 Å². The number of ether oxygens (including phenoxy) is 2. The zero-order valence-electron chi connectivity index (χ0n) is 13.8. The van der Waals surface area contributed by atoms with Crippen LogP contribution in [0.1, 0.15) is 11.4 Å². The number of hydrogen-bond acceptors (Lipinski definition) is 4. The number of H-pyrrole nitrogens is 1. The van der Waals surface area contributed by atoms with Crippen molar-refractivity contribution in [2.75, 3.05) is 14.2 Å². The van der Waals surface area contributed by atoms with E-state index in [0.717, 1.165) is 33.4 Å². The minimum absolute atomic E-state index is 0.653. The summed E-state index contributed by atoms with van der Waals surface area (Å²) in [5.41, 5.74) is 3.67. The number of methoxy groups -OCH3 is 2. The molecule has 0 spiro atoms. The molecule has 0 saturated carbocycles. The molecular formula is C18H16BrN4O2+. The van der Waals surface area contributed by atoms with Crippen LogP contribution in [0.15, 0.2) is 47.1 Å². The SMILES string of the molecule is COc1cc2ncc3n[nH]c(Cc4ccc(Br)cc4)[n+]3c2cc1OC. The van der Waals surface area contributed by atoms with Gasteiger partial charge < -0.3 is 9.47 Å². The highest BCUT2D eigenvalue weighted by atomic mass is 79.9. The number of benzene rings is 2. The third-order valence-electron chi connectivity index (χ3n) is 4.12. The first-order valence-corrected chi connectivity index (χ1v) is 8.53. The molecule has 25 heavy (non-hydrogen) atoms. The van der Waals surface area contributed by atoms with Gasteiger partial charge in [0.05, 0.1) is 20.6 Å². The Morgan fingerprint density at radius 3 is 2.52 bits per heavy atom. The second-order valence-electron chi connectivity index (χ2n) is 5.62. The number of rotatable bonds is 4. The standard InChI is InChI=1S/C18H15BrN4O2/c1-24-15-8-13-14(9-16(15)25-2)23-17(21-22-18(23)10-20-13)7-11-3-5-12(19)6-4-11/h3-6,8-10H,7H2,1-2H3/p+1. The molecule has 4 rings (SSSR count). The third-order valence-corrected chi connectivity index (χ3v) is 4.65. The van der Waals surface area contributed by atoms with Gasteiger partial charge in [0.25, 0.3) is 0 Å². The fourth-order valence-corrected chi connectivity index (χ4v) is 3.16. The molecule has 1 N–H and O–H groups in total. The Hall–Kier alpha value is -2.67. The lowest BCUT2D eigenvalue weighted by Crippen LogP contribution is -2.27. The van der Waals surface area contributed by atoms with Crippen LogP contribution in [0.4, 0.5) is 0 Å². The quantitative estimate of drug-likeness (QED) is 0.535. The van der Waals surface area contributed by atoms with Crippen LogP contribution in [0.25, 0.3) is 16.7 Å². The molecule has 0 aliphatic heterocycles. The monoisotopic (exact) mass is 399 g/mol. The maximum Gasteiger partial charge on any atom is 0.324 e. The van der Waals surface area contributed by atoms with Gasteiger partial charge in [-0.25, -0.2) is 4.98 Å². The summed E-state index contributed by atoms with van der Waals surface area (Å²) in [7, 11) is 3.24. The van der Waals surface area contributed by atoms with E-state index in [1.807, 2.05) is 24.3 Å². The van der Waals surface area contributed by atoms with Gasteiger partial charge in [0.15, 0.2) is 11.5 Å². The number of hydrogen-bond donors (Lipinski definition) is 1. The van der Waals surface area contributed by atoms with Crippen molar-refractivity contribution in [3.8, 4) is 11.5 Å². The Balaban J connectivity index is 1.90. The first-order chi connectivity index (χ1) is 12.2. The van der Waals surface area contributed by atoms with E-state index in [1.54, 1.807) is 20.4 Å². The van der Waals surface area contributed by atoms with Gasteiger partial charge in [0, 0.05) is 21.7 Å². The number of fused-ring (bicyclic) bond motifs is 3. The Labute approximate surface area is 152 Å². The summed E-state index contributed by atoms with van der Waals surface area (Å²) >= 11 is 3.47. The highest BCUT2D eigenvalue weighted by Crippen LogP contribution is 2.30. The largest absolute Gasteiger partial charge is 0.493 e. The first-order valence-electron chi connectivity index (χ1n) is 7.74. The molecular weight excluding hydrogens is 384 g/mol.